The molecule has 1 aliphatic heterocycles. The summed E-state index contributed by atoms with van der Waals surface area (Å²) < 4.78 is 27.9. The topological polar surface area (TPSA) is 73.2 Å². The summed E-state index contributed by atoms with van der Waals surface area (Å²) in [6.45, 7) is 5.37. The SMILES string of the molecule is Cc1cc(C#N)cc(C(=O)C2=C(C(C)C)CNC(=O)N2Cc2cc(Cl)c(F)cc2F)c1. The van der Waals surface area contributed by atoms with Crippen LogP contribution in [0.2, 0.25) is 5.02 Å². The molecule has 0 spiro atoms. The van der Waals surface area contributed by atoms with E-state index in [0.717, 1.165) is 16.5 Å². The number of allylic oxidation sites excluding steroid dienone is 1. The van der Waals surface area contributed by atoms with Crippen LogP contribution >= 0.6 is 11.6 Å². The average Bonchev–Trinajstić information content (AvgIpc) is 2.71. The van der Waals surface area contributed by atoms with Gasteiger partial charge in [0.2, 0.25) is 5.78 Å². The van der Waals surface area contributed by atoms with Gasteiger partial charge in [0.25, 0.3) is 0 Å². The predicted molar refractivity (Wildman–Crippen MR) is 112 cm³/mol. The largest absolute Gasteiger partial charge is 0.334 e. The van der Waals surface area contributed by atoms with Crippen LogP contribution in [0.4, 0.5) is 13.6 Å². The highest BCUT2D eigenvalue weighted by Gasteiger charge is 2.33. The number of hydrogen-bond acceptors (Lipinski definition) is 3. The van der Waals surface area contributed by atoms with Gasteiger partial charge in [-0.3, -0.25) is 9.69 Å². The maximum Gasteiger partial charge on any atom is 0.322 e. The Labute approximate surface area is 183 Å². The summed E-state index contributed by atoms with van der Waals surface area (Å²) >= 11 is 5.79. The van der Waals surface area contributed by atoms with Crippen LogP contribution in [0, 0.1) is 35.8 Å². The number of nitriles is 1. The molecule has 0 saturated heterocycles. The van der Waals surface area contributed by atoms with Gasteiger partial charge in [0, 0.05) is 23.7 Å². The Hall–Kier alpha value is -3.24. The zero-order chi connectivity index (χ0) is 22.9. The van der Waals surface area contributed by atoms with E-state index in [-0.39, 0.29) is 40.9 Å². The van der Waals surface area contributed by atoms with Crippen LogP contribution in [-0.2, 0) is 6.54 Å². The number of halogens is 3. The summed E-state index contributed by atoms with van der Waals surface area (Å²) in [6, 6.07) is 7.93. The number of benzene rings is 2. The third-order valence-electron chi connectivity index (χ3n) is 5.05. The maximum absolute atomic E-state index is 14.4. The molecule has 5 nitrogen and oxygen atoms in total. The van der Waals surface area contributed by atoms with E-state index in [4.69, 9.17) is 11.6 Å². The molecule has 0 aliphatic carbocycles. The fourth-order valence-corrected chi connectivity index (χ4v) is 3.68. The van der Waals surface area contributed by atoms with Gasteiger partial charge < -0.3 is 5.32 Å². The quantitative estimate of drug-likeness (QED) is 0.515. The van der Waals surface area contributed by atoms with Crippen LogP contribution in [0.5, 0.6) is 0 Å². The molecule has 31 heavy (non-hydrogen) atoms. The van der Waals surface area contributed by atoms with Crippen LogP contribution < -0.4 is 5.32 Å². The summed E-state index contributed by atoms with van der Waals surface area (Å²) in [5.74, 6) is -2.33. The first-order valence-corrected chi connectivity index (χ1v) is 9.98. The molecule has 1 aliphatic rings. The second-order valence-corrected chi connectivity index (χ2v) is 8.07. The molecule has 0 atom stereocenters. The first kappa shape index (κ1) is 22.4. The molecular weight excluding hydrogens is 424 g/mol. The highest BCUT2D eigenvalue weighted by Crippen LogP contribution is 2.29. The molecule has 1 heterocycles. The molecule has 0 fully saturated rings. The molecule has 8 heteroatoms. The highest BCUT2D eigenvalue weighted by molar-refractivity contribution is 6.30. The summed E-state index contributed by atoms with van der Waals surface area (Å²) in [7, 11) is 0. The van der Waals surface area contributed by atoms with E-state index in [0.29, 0.717) is 17.2 Å². The lowest BCUT2D eigenvalue weighted by atomic mass is 9.92. The van der Waals surface area contributed by atoms with E-state index in [9.17, 15) is 23.6 Å². The Morgan fingerprint density at radius 2 is 1.94 bits per heavy atom. The number of carbonyl (C=O) groups excluding carboxylic acids is 2. The van der Waals surface area contributed by atoms with Gasteiger partial charge in [0.05, 0.1) is 28.9 Å². The molecule has 0 aromatic heterocycles. The van der Waals surface area contributed by atoms with E-state index in [2.05, 4.69) is 5.32 Å². The lowest BCUT2D eigenvalue weighted by Crippen LogP contribution is -2.47. The number of aryl methyl sites for hydroxylation is 1. The number of hydrogen-bond donors (Lipinski definition) is 1. The number of Topliss-reactive ketones (excluding diaryl/α,β-unsaturated/α-hetero) is 1. The van der Waals surface area contributed by atoms with Gasteiger partial charge in [0.15, 0.2) is 0 Å². The summed E-state index contributed by atoms with van der Waals surface area (Å²) in [4.78, 5) is 27.4. The minimum Gasteiger partial charge on any atom is -0.334 e. The second-order valence-electron chi connectivity index (χ2n) is 7.66. The van der Waals surface area contributed by atoms with Crippen LogP contribution in [0.15, 0.2) is 41.6 Å². The zero-order valence-corrected chi connectivity index (χ0v) is 18.0. The summed E-state index contributed by atoms with van der Waals surface area (Å²) in [5, 5.41) is 11.7. The van der Waals surface area contributed by atoms with E-state index in [1.807, 2.05) is 19.9 Å². The van der Waals surface area contributed by atoms with Gasteiger partial charge in [-0.2, -0.15) is 5.26 Å². The smallest absolute Gasteiger partial charge is 0.322 e. The zero-order valence-electron chi connectivity index (χ0n) is 17.2. The van der Waals surface area contributed by atoms with Crippen molar-refractivity contribution in [2.24, 2.45) is 5.92 Å². The van der Waals surface area contributed by atoms with Crippen molar-refractivity contribution >= 4 is 23.4 Å². The number of carbonyl (C=O) groups is 2. The van der Waals surface area contributed by atoms with E-state index < -0.39 is 23.4 Å². The van der Waals surface area contributed by atoms with Gasteiger partial charge in [-0.25, -0.2) is 13.6 Å². The van der Waals surface area contributed by atoms with Gasteiger partial charge >= 0.3 is 6.03 Å². The third-order valence-corrected chi connectivity index (χ3v) is 5.34. The summed E-state index contributed by atoms with van der Waals surface area (Å²) in [5.41, 5.74) is 2.04. The Bertz CT molecular complexity index is 1150. The van der Waals surface area contributed by atoms with Crippen LogP contribution in [-0.4, -0.2) is 23.3 Å². The molecule has 0 saturated carbocycles. The van der Waals surface area contributed by atoms with Crippen LogP contribution in [0.3, 0.4) is 0 Å². The van der Waals surface area contributed by atoms with Gasteiger partial charge in [-0.15, -0.1) is 0 Å². The van der Waals surface area contributed by atoms with E-state index in [1.54, 1.807) is 19.1 Å². The number of ketones is 1. The van der Waals surface area contributed by atoms with Crippen molar-refractivity contribution in [2.45, 2.75) is 27.3 Å². The van der Waals surface area contributed by atoms with Crippen molar-refractivity contribution in [1.29, 1.82) is 5.26 Å². The summed E-state index contributed by atoms with van der Waals surface area (Å²) in [6.07, 6.45) is 0. The lowest BCUT2D eigenvalue weighted by molar-refractivity contribution is 0.0985. The van der Waals surface area contributed by atoms with Crippen LogP contribution in [0.25, 0.3) is 0 Å². The van der Waals surface area contributed by atoms with Crippen molar-refractivity contribution in [2.75, 3.05) is 6.54 Å². The number of nitrogens with one attached hydrogen (secondary N) is 1. The molecule has 2 aromatic rings. The van der Waals surface area contributed by atoms with E-state index >= 15 is 0 Å². The van der Waals surface area contributed by atoms with Crippen molar-refractivity contribution in [3.05, 3.63) is 80.5 Å². The predicted octanol–water partition coefficient (Wildman–Crippen LogP) is 5.12. The van der Waals surface area contributed by atoms with E-state index in [1.165, 1.54) is 6.07 Å². The number of rotatable bonds is 5. The lowest BCUT2D eigenvalue weighted by Gasteiger charge is -2.33. The molecule has 2 amide bonds. The number of amides is 2. The van der Waals surface area contributed by atoms with Gasteiger partial charge in [-0.1, -0.05) is 25.4 Å². The minimum atomic E-state index is -0.912. The highest BCUT2D eigenvalue weighted by atomic mass is 35.5. The third kappa shape index (κ3) is 4.59. The second kappa shape index (κ2) is 8.86. The molecular formula is C23H20ClF2N3O2. The van der Waals surface area contributed by atoms with Crippen molar-refractivity contribution in [3.8, 4) is 6.07 Å². The van der Waals surface area contributed by atoms with Crippen LogP contribution in [0.1, 0.15) is 40.9 Å². The minimum absolute atomic E-state index is 0.0289. The average molecular weight is 444 g/mol. The molecule has 2 aromatic carbocycles. The maximum atomic E-state index is 14.4. The van der Waals surface area contributed by atoms with Crippen molar-refractivity contribution in [3.63, 3.8) is 0 Å². The first-order valence-electron chi connectivity index (χ1n) is 9.60. The Morgan fingerprint density at radius 3 is 2.58 bits per heavy atom. The molecule has 0 unspecified atom stereocenters. The van der Waals surface area contributed by atoms with Crippen molar-refractivity contribution < 1.29 is 18.4 Å². The molecule has 160 valence electrons. The molecule has 0 radical (unpaired) electrons. The fraction of sp³-hybridized carbons (Fsp3) is 0.261. The molecule has 3 rings (SSSR count). The number of nitrogens with zero attached hydrogens (tertiary/aromatic N) is 2. The molecule has 1 N–H and O–H groups in total. The Kier molecular flexibility index (Phi) is 6.42. The van der Waals surface area contributed by atoms with Gasteiger partial charge in [-0.05, 0) is 48.2 Å². The monoisotopic (exact) mass is 443 g/mol. The standard InChI is InChI=1S/C23H20ClF2N3O2/c1-12(2)17-10-28-23(31)29(11-16-7-18(24)20(26)8-19(16)25)21(17)22(30)15-5-13(3)4-14(6-15)9-27/h4-8,12H,10-11H2,1-3H3,(H,28,31). The normalized spacial score (nSPS) is 14.0. The van der Waals surface area contributed by atoms with Crippen molar-refractivity contribution in [1.82, 2.24) is 10.2 Å². The Balaban J connectivity index is 2.13. The van der Waals surface area contributed by atoms with Gasteiger partial charge in [0.1, 0.15) is 11.6 Å². The molecule has 0 bridgehead atoms. The first-order chi connectivity index (χ1) is 14.6. The fourth-order valence-electron chi connectivity index (χ4n) is 3.49. The Morgan fingerprint density at radius 1 is 1.23 bits per heavy atom. The number of urea groups is 1.